The maximum absolute atomic E-state index is 6.27. The fourth-order valence-electron chi connectivity index (χ4n) is 2.59. The van der Waals surface area contributed by atoms with Gasteiger partial charge in [0.15, 0.2) is 0 Å². The van der Waals surface area contributed by atoms with Crippen molar-refractivity contribution in [1.29, 1.82) is 0 Å². The van der Waals surface area contributed by atoms with Crippen molar-refractivity contribution in [3.63, 3.8) is 0 Å². The van der Waals surface area contributed by atoms with Gasteiger partial charge in [0.05, 0.1) is 0 Å². The second kappa shape index (κ2) is 5.07. The van der Waals surface area contributed by atoms with E-state index < -0.39 is 0 Å². The monoisotopic (exact) mass is 256 g/mol. The Bertz CT molecular complexity index is 339. The van der Waals surface area contributed by atoms with E-state index in [9.17, 15) is 0 Å². The summed E-state index contributed by atoms with van der Waals surface area (Å²) < 4.78 is 1.18. The van der Waals surface area contributed by atoms with E-state index >= 15 is 0 Å². The minimum Gasteiger partial charge on any atom is -0.327 e. The number of thiazole rings is 1. The number of nitrogens with zero attached hydrogens (tertiary/aromatic N) is 1. The number of rotatable bonds is 2. The first kappa shape index (κ1) is 12.4. The van der Waals surface area contributed by atoms with Crippen molar-refractivity contribution in [3.8, 4) is 0 Å². The minimum absolute atomic E-state index is 0.327. The lowest BCUT2D eigenvalue weighted by molar-refractivity contribution is 0.279. The zero-order chi connectivity index (χ0) is 11.7. The Balaban J connectivity index is 2.03. The zero-order valence-corrected chi connectivity index (χ0v) is 11.8. The number of aromatic nitrogens is 1. The summed E-state index contributed by atoms with van der Waals surface area (Å²) in [6.07, 6.45) is 2.46. The van der Waals surface area contributed by atoms with Crippen molar-refractivity contribution >= 4 is 23.1 Å². The van der Waals surface area contributed by atoms with Gasteiger partial charge in [0.25, 0.3) is 0 Å². The third kappa shape index (κ3) is 2.79. The van der Waals surface area contributed by atoms with E-state index in [-0.39, 0.29) is 0 Å². The van der Waals surface area contributed by atoms with E-state index in [1.165, 1.54) is 10.8 Å². The minimum atomic E-state index is 0.327. The molecular weight excluding hydrogens is 236 g/mol. The molecule has 2 nitrogen and oxygen atoms in total. The molecule has 0 saturated heterocycles. The van der Waals surface area contributed by atoms with Gasteiger partial charge in [-0.2, -0.15) is 0 Å². The van der Waals surface area contributed by atoms with E-state index in [0.717, 1.165) is 18.0 Å². The van der Waals surface area contributed by atoms with Crippen LogP contribution in [0.5, 0.6) is 0 Å². The number of thioether (sulfide) groups is 1. The second-order valence-electron chi connectivity index (χ2n) is 5.05. The molecule has 0 amide bonds. The first-order valence-corrected chi connectivity index (χ1v) is 7.66. The standard InChI is InChI=1S/C12H20N2S2/c1-7-4-8(2)11(10(13)5-7)16-12-14-9(3)6-15-12/h6-8,10-11H,4-5,13H2,1-3H3. The number of aryl methyl sites for hydroxylation is 1. The van der Waals surface area contributed by atoms with Gasteiger partial charge in [-0.3, -0.25) is 0 Å². The number of hydrogen-bond donors (Lipinski definition) is 1. The molecule has 0 aromatic carbocycles. The van der Waals surface area contributed by atoms with Crippen LogP contribution in [-0.4, -0.2) is 16.3 Å². The molecular formula is C12H20N2S2. The smallest absolute Gasteiger partial charge is 0.150 e. The SMILES string of the molecule is Cc1csc(SC2C(C)CC(C)CC2N)n1. The lowest BCUT2D eigenvalue weighted by atomic mass is 9.80. The maximum Gasteiger partial charge on any atom is 0.150 e. The molecule has 2 rings (SSSR count). The molecule has 0 spiro atoms. The van der Waals surface area contributed by atoms with Crippen LogP contribution in [0.25, 0.3) is 0 Å². The van der Waals surface area contributed by atoms with Gasteiger partial charge in [0, 0.05) is 22.4 Å². The average Bonchev–Trinajstić information content (AvgIpc) is 2.58. The molecule has 4 unspecified atom stereocenters. The quantitative estimate of drug-likeness (QED) is 0.882. The normalized spacial score (nSPS) is 35.2. The van der Waals surface area contributed by atoms with Gasteiger partial charge in [-0.25, -0.2) is 4.98 Å². The van der Waals surface area contributed by atoms with Gasteiger partial charge in [-0.05, 0) is 31.6 Å². The van der Waals surface area contributed by atoms with Crippen molar-refractivity contribution in [3.05, 3.63) is 11.1 Å². The predicted molar refractivity (Wildman–Crippen MR) is 72.0 cm³/mol. The summed E-state index contributed by atoms with van der Waals surface area (Å²) in [6, 6.07) is 0.327. The van der Waals surface area contributed by atoms with Crippen molar-refractivity contribution in [2.24, 2.45) is 17.6 Å². The molecule has 4 atom stereocenters. The third-order valence-corrected chi connectivity index (χ3v) is 5.97. The van der Waals surface area contributed by atoms with Gasteiger partial charge in [-0.1, -0.05) is 25.6 Å². The molecule has 1 aromatic rings. The van der Waals surface area contributed by atoms with E-state index in [1.807, 2.05) is 18.7 Å². The van der Waals surface area contributed by atoms with Gasteiger partial charge in [0.2, 0.25) is 0 Å². The summed E-state index contributed by atoms with van der Waals surface area (Å²) in [5.74, 6) is 1.48. The number of hydrogen-bond acceptors (Lipinski definition) is 4. The summed E-state index contributed by atoms with van der Waals surface area (Å²) in [5.41, 5.74) is 7.39. The van der Waals surface area contributed by atoms with E-state index in [2.05, 4.69) is 24.2 Å². The molecule has 1 aliphatic carbocycles. The summed E-state index contributed by atoms with van der Waals surface area (Å²) in [4.78, 5) is 4.52. The first-order valence-electron chi connectivity index (χ1n) is 5.90. The van der Waals surface area contributed by atoms with Gasteiger partial charge in [0.1, 0.15) is 4.34 Å². The average molecular weight is 256 g/mol. The Hall–Kier alpha value is -0.0600. The van der Waals surface area contributed by atoms with Crippen molar-refractivity contribution in [2.45, 2.75) is 49.2 Å². The summed E-state index contributed by atoms with van der Waals surface area (Å²) >= 11 is 3.63. The fraction of sp³-hybridized carbons (Fsp3) is 0.750. The molecule has 90 valence electrons. The first-order chi connectivity index (χ1) is 7.56. The van der Waals surface area contributed by atoms with Crippen LogP contribution >= 0.6 is 23.1 Å². The molecule has 1 aliphatic rings. The Kier molecular flexibility index (Phi) is 3.93. The van der Waals surface area contributed by atoms with Crippen LogP contribution in [0.2, 0.25) is 0 Å². The molecule has 0 radical (unpaired) electrons. The molecule has 1 heterocycles. The highest BCUT2D eigenvalue weighted by Gasteiger charge is 2.32. The summed E-state index contributed by atoms with van der Waals surface area (Å²) in [7, 11) is 0. The van der Waals surface area contributed by atoms with Crippen molar-refractivity contribution < 1.29 is 0 Å². The topological polar surface area (TPSA) is 38.9 Å². The Labute approximate surface area is 106 Å². The fourth-order valence-corrected chi connectivity index (χ4v) is 4.87. The maximum atomic E-state index is 6.27. The number of nitrogens with two attached hydrogens (primary N) is 1. The van der Waals surface area contributed by atoms with Crippen LogP contribution in [0.15, 0.2) is 9.72 Å². The Morgan fingerprint density at radius 2 is 2.19 bits per heavy atom. The second-order valence-corrected chi connectivity index (χ2v) is 7.34. The van der Waals surface area contributed by atoms with Crippen LogP contribution in [0, 0.1) is 18.8 Å². The predicted octanol–water partition coefficient (Wildman–Crippen LogP) is 3.31. The van der Waals surface area contributed by atoms with Crippen LogP contribution in [0.1, 0.15) is 32.4 Å². The highest BCUT2D eigenvalue weighted by atomic mass is 32.2. The van der Waals surface area contributed by atoms with Crippen LogP contribution < -0.4 is 5.73 Å². The van der Waals surface area contributed by atoms with Crippen LogP contribution in [0.4, 0.5) is 0 Å². The largest absolute Gasteiger partial charge is 0.327 e. The molecule has 0 bridgehead atoms. The van der Waals surface area contributed by atoms with Crippen LogP contribution in [0.3, 0.4) is 0 Å². The van der Waals surface area contributed by atoms with Gasteiger partial charge >= 0.3 is 0 Å². The summed E-state index contributed by atoms with van der Waals surface area (Å²) in [6.45, 7) is 6.69. The zero-order valence-electron chi connectivity index (χ0n) is 10.1. The highest BCUT2D eigenvalue weighted by molar-refractivity contribution is 8.01. The Morgan fingerprint density at radius 3 is 2.75 bits per heavy atom. The lowest BCUT2D eigenvalue weighted by Gasteiger charge is -2.36. The van der Waals surface area contributed by atoms with E-state index in [0.29, 0.717) is 17.2 Å². The molecule has 2 N–H and O–H groups in total. The highest BCUT2D eigenvalue weighted by Crippen LogP contribution is 2.39. The lowest BCUT2D eigenvalue weighted by Crippen LogP contribution is -2.42. The molecule has 4 heteroatoms. The molecule has 1 aromatic heterocycles. The van der Waals surface area contributed by atoms with Crippen molar-refractivity contribution in [1.82, 2.24) is 4.98 Å². The van der Waals surface area contributed by atoms with Gasteiger partial charge in [-0.15, -0.1) is 11.3 Å². The third-order valence-electron chi connectivity index (χ3n) is 3.27. The Morgan fingerprint density at radius 1 is 1.44 bits per heavy atom. The van der Waals surface area contributed by atoms with Crippen molar-refractivity contribution in [2.75, 3.05) is 0 Å². The summed E-state index contributed by atoms with van der Waals surface area (Å²) in [5, 5.41) is 2.66. The van der Waals surface area contributed by atoms with E-state index in [4.69, 9.17) is 5.73 Å². The van der Waals surface area contributed by atoms with E-state index in [1.54, 1.807) is 11.3 Å². The molecule has 1 saturated carbocycles. The molecule has 16 heavy (non-hydrogen) atoms. The molecule has 0 aliphatic heterocycles. The van der Waals surface area contributed by atoms with Gasteiger partial charge < -0.3 is 5.73 Å². The molecule has 1 fully saturated rings. The van der Waals surface area contributed by atoms with Crippen LogP contribution in [-0.2, 0) is 0 Å².